The molecule has 2 N–H and O–H groups in total. The molecule has 0 bridgehead atoms. The van der Waals surface area contributed by atoms with E-state index >= 15 is 0 Å². The minimum absolute atomic E-state index is 0.0471. The summed E-state index contributed by atoms with van der Waals surface area (Å²) in [5.41, 5.74) is -0.668. The SMILES string of the molecule is O=C(CNC1CC1)Nc1ccc(Br)c(C(F)(F)F)c1. The van der Waals surface area contributed by atoms with Gasteiger partial charge in [-0.2, -0.15) is 13.2 Å². The first-order valence-electron chi connectivity index (χ1n) is 5.76. The summed E-state index contributed by atoms with van der Waals surface area (Å²) in [7, 11) is 0. The summed E-state index contributed by atoms with van der Waals surface area (Å²) in [5.74, 6) is -0.345. The van der Waals surface area contributed by atoms with Crippen LogP contribution in [0.25, 0.3) is 0 Å². The Balaban J connectivity index is 2.01. The molecule has 1 fully saturated rings. The van der Waals surface area contributed by atoms with Gasteiger partial charge in [0.1, 0.15) is 0 Å². The Hall–Kier alpha value is -1.08. The number of rotatable bonds is 4. The summed E-state index contributed by atoms with van der Waals surface area (Å²) in [5, 5.41) is 5.43. The van der Waals surface area contributed by atoms with E-state index in [4.69, 9.17) is 0 Å². The molecule has 0 heterocycles. The Morgan fingerprint density at radius 1 is 1.37 bits per heavy atom. The third kappa shape index (κ3) is 4.21. The molecule has 3 nitrogen and oxygen atoms in total. The summed E-state index contributed by atoms with van der Waals surface area (Å²) in [6, 6.07) is 3.99. The molecule has 0 radical (unpaired) electrons. The quantitative estimate of drug-likeness (QED) is 0.886. The summed E-state index contributed by atoms with van der Waals surface area (Å²) in [6.07, 6.45) is -2.36. The van der Waals surface area contributed by atoms with Crippen LogP contribution >= 0.6 is 15.9 Å². The molecule has 0 saturated heterocycles. The lowest BCUT2D eigenvalue weighted by Gasteiger charge is -2.12. The fourth-order valence-corrected chi connectivity index (χ4v) is 2.02. The van der Waals surface area contributed by atoms with Gasteiger partial charge in [0.05, 0.1) is 12.1 Å². The van der Waals surface area contributed by atoms with Gasteiger partial charge < -0.3 is 10.6 Å². The highest BCUT2D eigenvalue weighted by Crippen LogP contribution is 2.36. The van der Waals surface area contributed by atoms with Crippen LogP contribution in [0.5, 0.6) is 0 Å². The van der Waals surface area contributed by atoms with Crippen LogP contribution in [-0.4, -0.2) is 18.5 Å². The predicted octanol–water partition coefficient (Wildman–Crippen LogP) is 3.16. The Bertz CT molecular complexity index is 486. The predicted molar refractivity (Wildman–Crippen MR) is 68.8 cm³/mol. The van der Waals surface area contributed by atoms with E-state index in [0.717, 1.165) is 18.9 Å². The first kappa shape index (κ1) is 14.3. The van der Waals surface area contributed by atoms with Gasteiger partial charge in [0.15, 0.2) is 0 Å². The van der Waals surface area contributed by atoms with Crippen molar-refractivity contribution in [3.63, 3.8) is 0 Å². The molecule has 104 valence electrons. The number of amides is 1. The zero-order valence-corrected chi connectivity index (χ0v) is 11.4. The zero-order valence-electron chi connectivity index (χ0n) is 9.85. The average Bonchev–Trinajstić information content (AvgIpc) is 3.11. The number of carbonyl (C=O) groups is 1. The smallest absolute Gasteiger partial charge is 0.325 e. The molecule has 0 aliphatic heterocycles. The molecule has 0 spiro atoms. The lowest BCUT2D eigenvalue weighted by Crippen LogP contribution is -2.29. The van der Waals surface area contributed by atoms with Crippen molar-refractivity contribution in [1.82, 2.24) is 5.32 Å². The molecule has 1 aliphatic rings. The van der Waals surface area contributed by atoms with Crippen molar-refractivity contribution in [2.45, 2.75) is 25.1 Å². The molecule has 7 heteroatoms. The lowest BCUT2D eigenvalue weighted by atomic mass is 10.2. The molecule has 0 unspecified atom stereocenters. The highest BCUT2D eigenvalue weighted by atomic mass is 79.9. The Kier molecular flexibility index (Phi) is 4.15. The van der Waals surface area contributed by atoms with E-state index in [1.807, 2.05) is 0 Å². The van der Waals surface area contributed by atoms with Gasteiger partial charge >= 0.3 is 6.18 Å². The molecule has 19 heavy (non-hydrogen) atoms. The molecular formula is C12H12BrF3N2O. The van der Waals surface area contributed by atoms with Crippen molar-refractivity contribution < 1.29 is 18.0 Å². The minimum atomic E-state index is -4.45. The lowest BCUT2D eigenvalue weighted by molar-refractivity contribution is -0.138. The number of hydrogen-bond donors (Lipinski definition) is 2. The maximum absolute atomic E-state index is 12.7. The molecule has 0 atom stereocenters. The van der Waals surface area contributed by atoms with E-state index in [1.165, 1.54) is 12.1 Å². The fourth-order valence-electron chi connectivity index (χ4n) is 1.55. The number of anilines is 1. The van der Waals surface area contributed by atoms with Gasteiger partial charge in [-0.3, -0.25) is 4.79 Å². The van der Waals surface area contributed by atoms with Crippen molar-refractivity contribution in [3.05, 3.63) is 28.2 Å². The summed E-state index contributed by atoms with van der Waals surface area (Å²) >= 11 is 2.85. The van der Waals surface area contributed by atoms with Crippen LogP contribution in [0.3, 0.4) is 0 Å². The highest BCUT2D eigenvalue weighted by Gasteiger charge is 2.33. The largest absolute Gasteiger partial charge is 0.417 e. The number of carbonyl (C=O) groups excluding carboxylic acids is 1. The molecular weight excluding hydrogens is 325 g/mol. The van der Waals surface area contributed by atoms with E-state index < -0.39 is 11.7 Å². The topological polar surface area (TPSA) is 41.1 Å². The number of benzene rings is 1. The summed E-state index contributed by atoms with van der Waals surface area (Å²) in [4.78, 5) is 11.5. The van der Waals surface area contributed by atoms with Crippen LogP contribution in [0.4, 0.5) is 18.9 Å². The van der Waals surface area contributed by atoms with Crippen molar-refractivity contribution in [1.29, 1.82) is 0 Å². The Morgan fingerprint density at radius 3 is 2.63 bits per heavy atom. The van der Waals surface area contributed by atoms with Crippen LogP contribution in [0, 0.1) is 0 Å². The van der Waals surface area contributed by atoms with Gasteiger partial charge in [-0.25, -0.2) is 0 Å². The van der Waals surface area contributed by atoms with Crippen LogP contribution < -0.4 is 10.6 Å². The van der Waals surface area contributed by atoms with Gasteiger partial charge in [-0.1, -0.05) is 15.9 Å². The summed E-state index contributed by atoms with van der Waals surface area (Å²) < 4.78 is 38.0. The van der Waals surface area contributed by atoms with Crippen molar-refractivity contribution in [2.24, 2.45) is 0 Å². The second-order valence-corrected chi connectivity index (χ2v) is 5.25. The van der Waals surface area contributed by atoms with Crippen LogP contribution in [-0.2, 0) is 11.0 Å². The zero-order chi connectivity index (χ0) is 14.0. The van der Waals surface area contributed by atoms with Gasteiger partial charge in [-0.15, -0.1) is 0 Å². The Morgan fingerprint density at radius 2 is 2.05 bits per heavy atom. The molecule has 1 aliphatic carbocycles. The average molecular weight is 337 g/mol. The molecule has 1 aromatic carbocycles. The first-order chi connectivity index (χ1) is 8.86. The molecule has 0 aromatic heterocycles. The van der Waals surface area contributed by atoms with E-state index in [0.29, 0.717) is 6.04 Å². The third-order valence-corrected chi connectivity index (χ3v) is 3.38. The van der Waals surface area contributed by atoms with Gasteiger partial charge in [0.25, 0.3) is 0 Å². The maximum Gasteiger partial charge on any atom is 0.417 e. The number of alkyl halides is 3. The summed E-state index contributed by atoms with van der Waals surface area (Å²) in [6.45, 7) is 0.113. The van der Waals surface area contributed by atoms with E-state index in [2.05, 4.69) is 26.6 Å². The second kappa shape index (κ2) is 5.50. The minimum Gasteiger partial charge on any atom is -0.325 e. The van der Waals surface area contributed by atoms with E-state index in [-0.39, 0.29) is 22.6 Å². The fraction of sp³-hybridized carbons (Fsp3) is 0.417. The van der Waals surface area contributed by atoms with E-state index in [9.17, 15) is 18.0 Å². The van der Waals surface area contributed by atoms with Gasteiger partial charge in [0, 0.05) is 16.2 Å². The number of nitrogens with one attached hydrogen (secondary N) is 2. The molecule has 1 aromatic rings. The number of halogens is 4. The molecule has 1 saturated carbocycles. The molecule has 2 rings (SSSR count). The van der Waals surface area contributed by atoms with Crippen LogP contribution in [0.2, 0.25) is 0 Å². The van der Waals surface area contributed by atoms with Crippen molar-refractivity contribution in [3.8, 4) is 0 Å². The Labute approximate surface area is 116 Å². The third-order valence-electron chi connectivity index (χ3n) is 2.68. The highest BCUT2D eigenvalue weighted by molar-refractivity contribution is 9.10. The first-order valence-corrected chi connectivity index (χ1v) is 6.55. The van der Waals surface area contributed by atoms with Crippen LogP contribution in [0.1, 0.15) is 18.4 Å². The van der Waals surface area contributed by atoms with Gasteiger partial charge in [-0.05, 0) is 31.0 Å². The van der Waals surface area contributed by atoms with E-state index in [1.54, 1.807) is 0 Å². The molecule has 1 amide bonds. The second-order valence-electron chi connectivity index (χ2n) is 4.40. The van der Waals surface area contributed by atoms with Crippen molar-refractivity contribution >= 4 is 27.5 Å². The standard InChI is InChI=1S/C12H12BrF3N2O/c13-10-4-3-8(5-9(10)12(14,15)16)18-11(19)6-17-7-1-2-7/h3-5,7,17H,1-2,6H2,(H,18,19). The monoisotopic (exact) mass is 336 g/mol. The normalized spacial score (nSPS) is 15.4. The maximum atomic E-state index is 12.7. The van der Waals surface area contributed by atoms with Crippen molar-refractivity contribution in [2.75, 3.05) is 11.9 Å². The van der Waals surface area contributed by atoms with Gasteiger partial charge in [0.2, 0.25) is 5.91 Å². The number of hydrogen-bond acceptors (Lipinski definition) is 2. The van der Waals surface area contributed by atoms with Crippen LogP contribution in [0.15, 0.2) is 22.7 Å².